The second-order valence-corrected chi connectivity index (χ2v) is 15.2. The molecule has 0 aliphatic carbocycles. The summed E-state index contributed by atoms with van der Waals surface area (Å²) in [6.45, 7) is 20.6. The minimum atomic E-state index is -1.62. The van der Waals surface area contributed by atoms with Crippen LogP contribution in [0.5, 0.6) is 0 Å². The molecule has 11 heteroatoms. The van der Waals surface area contributed by atoms with E-state index >= 15 is 4.39 Å². The maximum Gasteiger partial charge on any atom is 0.259 e. The maximum absolute atomic E-state index is 15.9. The first-order chi connectivity index (χ1) is 17.2. The molecule has 0 aromatic carbocycles. The number of carbonyl (C=O) groups excluding carboxylic acids is 1. The molecule has 6 atom stereocenters. The summed E-state index contributed by atoms with van der Waals surface area (Å²) in [4.78, 5) is 13.1. The summed E-state index contributed by atoms with van der Waals surface area (Å²) in [5.74, 6) is 0.928. The molecular weight excluding hydrogens is 520 g/mol. The Morgan fingerprint density at radius 3 is 2.56 bits per heavy atom. The molecule has 0 aromatic rings. The van der Waals surface area contributed by atoms with E-state index in [-0.39, 0.29) is 41.6 Å². The largest absolute Gasteiger partial charge is 0.349 e. The molecule has 2 aliphatic heterocycles. The highest BCUT2D eigenvalue weighted by molar-refractivity contribution is 8.77. The summed E-state index contributed by atoms with van der Waals surface area (Å²) in [5.41, 5.74) is 0. The van der Waals surface area contributed by atoms with Gasteiger partial charge in [-0.05, 0) is 54.4 Å². The zero-order valence-corrected chi connectivity index (χ0v) is 25.4. The lowest BCUT2D eigenvalue weighted by Crippen LogP contribution is -2.45. The van der Waals surface area contributed by atoms with E-state index in [1.807, 2.05) is 28.5 Å². The molecule has 208 valence electrons. The molecule has 0 saturated carbocycles. The van der Waals surface area contributed by atoms with Gasteiger partial charge in [0.2, 0.25) is 0 Å². The fourth-order valence-corrected chi connectivity index (χ4v) is 8.12. The smallest absolute Gasteiger partial charge is 0.259 e. The average molecular weight is 567 g/mol. The molecule has 1 saturated heterocycles. The van der Waals surface area contributed by atoms with Gasteiger partial charge >= 0.3 is 0 Å². The van der Waals surface area contributed by atoms with Gasteiger partial charge < -0.3 is 24.0 Å². The number of nitrogens with zero attached hydrogens (tertiary/aromatic N) is 2. The Hall–Kier alpha value is -0.350. The molecule has 2 heterocycles. The molecule has 0 aromatic heterocycles. The second kappa shape index (κ2) is 14.2. The minimum Gasteiger partial charge on any atom is -0.349 e. The maximum atomic E-state index is 15.9. The van der Waals surface area contributed by atoms with E-state index in [0.717, 1.165) is 18.6 Å². The van der Waals surface area contributed by atoms with Crippen LogP contribution in [0.25, 0.3) is 0 Å². The van der Waals surface area contributed by atoms with E-state index in [2.05, 4.69) is 65.0 Å². The van der Waals surface area contributed by atoms with Crippen molar-refractivity contribution in [1.29, 1.82) is 0 Å². The van der Waals surface area contributed by atoms with Crippen molar-refractivity contribution in [2.45, 2.75) is 123 Å². The quantitative estimate of drug-likeness (QED) is 0.152. The monoisotopic (exact) mass is 566 g/mol. The summed E-state index contributed by atoms with van der Waals surface area (Å²) in [5, 5.41) is 2.57. The summed E-state index contributed by atoms with van der Waals surface area (Å²) >= 11 is 0. The van der Waals surface area contributed by atoms with Crippen molar-refractivity contribution in [2.75, 3.05) is 5.75 Å². The fraction of sp³-hybridized carbons (Fsp3) is 0.800. The normalized spacial score (nSPS) is 27.2. The number of carbonyl (C=O) groups is 1. The molecule has 2 aliphatic rings. The Kier molecular flexibility index (Phi) is 11.9. The van der Waals surface area contributed by atoms with Crippen molar-refractivity contribution in [2.24, 2.45) is 0 Å². The van der Waals surface area contributed by atoms with Crippen LogP contribution >= 0.6 is 30.1 Å². The fourth-order valence-electron chi connectivity index (χ4n) is 3.83. The lowest BCUT2D eigenvalue weighted by atomic mass is 10.1. The number of alkyl halides is 1. The van der Waals surface area contributed by atoms with Gasteiger partial charge in [0, 0.05) is 36.2 Å². The minimum absolute atomic E-state index is 0.0722. The van der Waals surface area contributed by atoms with Crippen molar-refractivity contribution in [3.8, 4) is 0 Å². The third-order valence-corrected chi connectivity index (χ3v) is 11.1. The highest BCUT2D eigenvalue weighted by Crippen LogP contribution is 2.51. The topological polar surface area (TPSA) is 63.3 Å². The number of rotatable bonds is 13. The predicted molar refractivity (Wildman–Crippen MR) is 151 cm³/mol. The molecule has 0 radical (unpaired) electrons. The van der Waals surface area contributed by atoms with E-state index in [1.54, 1.807) is 0 Å². The number of amides is 1. The first kappa shape index (κ1) is 30.2. The third-order valence-electron chi connectivity index (χ3n) is 5.38. The molecule has 2 rings (SSSR count). The van der Waals surface area contributed by atoms with Gasteiger partial charge in [-0.2, -0.15) is 0 Å². The van der Waals surface area contributed by atoms with E-state index in [9.17, 15) is 4.79 Å². The van der Waals surface area contributed by atoms with Crippen LogP contribution in [0.3, 0.4) is 0 Å². The van der Waals surface area contributed by atoms with E-state index in [4.69, 9.17) is 15.2 Å². The first-order valence-corrected chi connectivity index (χ1v) is 16.0. The van der Waals surface area contributed by atoms with Gasteiger partial charge in [-0.15, -0.1) is 0 Å². The average Bonchev–Trinajstić information content (AvgIpc) is 3.07. The summed E-state index contributed by atoms with van der Waals surface area (Å²) in [7, 11) is 2.14. The van der Waals surface area contributed by atoms with Crippen molar-refractivity contribution in [3.63, 3.8) is 0 Å². The Bertz CT molecular complexity index is 782. The standard InChI is InChI=1S/C25H45FN3O4PS2/c1-16(2)29(17(3)4)34(32-18(5)12-11-15-35-36-25(8,9)10)33-23-19(6)31-24(22(23)26)28-14-13-21(30)27-20(28)7/h13-14,16-19,22-24H,7,11-12,15H2,1-6,8-10H3,(H,27,30)/i6D. The van der Waals surface area contributed by atoms with E-state index in [0.29, 0.717) is 0 Å². The van der Waals surface area contributed by atoms with Gasteiger partial charge in [-0.1, -0.05) is 48.9 Å². The summed E-state index contributed by atoms with van der Waals surface area (Å²) in [6.07, 6.45) is 0.159. The van der Waals surface area contributed by atoms with Gasteiger partial charge in [-0.25, -0.2) is 9.06 Å². The predicted octanol–water partition coefficient (Wildman–Crippen LogP) is 6.58. The van der Waals surface area contributed by atoms with Crippen LogP contribution in [0.4, 0.5) is 4.39 Å². The van der Waals surface area contributed by atoms with Crippen LogP contribution in [-0.2, 0) is 18.6 Å². The lowest BCUT2D eigenvalue weighted by molar-refractivity contribution is -0.117. The SMILES string of the molecule is [2H]CC1OC(N2C=CC(=O)NC2=C)C(F)C1OP(OC(C)CCCSSC(C)(C)C)N(C(C)C)C(C)C. The van der Waals surface area contributed by atoms with Crippen molar-refractivity contribution < 1.29 is 24.3 Å². The molecule has 7 nitrogen and oxygen atoms in total. The zero-order chi connectivity index (χ0) is 27.9. The van der Waals surface area contributed by atoms with Crippen LogP contribution in [0.15, 0.2) is 24.7 Å². The Morgan fingerprint density at radius 1 is 1.33 bits per heavy atom. The van der Waals surface area contributed by atoms with Crippen LogP contribution in [0.2, 0.25) is 0 Å². The highest BCUT2D eigenvalue weighted by atomic mass is 33.1. The molecule has 36 heavy (non-hydrogen) atoms. The molecule has 0 bridgehead atoms. The third kappa shape index (κ3) is 9.44. The number of hydrogen-bond donors (Lipinski definition) is 1. The van der Waals surface area contributed by atoms with Gasteiger partial charge in [0.15, 0.2) is 12.4 Å². The van der Waals surface area contributed by atoms with Gasteiger partial charge in [0.1, 0.15) is 11.9 Å². The van der Waals surface area contributed by atoms with Gasteiger partial charge in [0.25, 0.3) is 14.4 Å². The van der Waals surface area contributed by atoms with Gasteiger partial charge in [-0.3, -0.25) is 4.79 Å². The van der Waals surface area contributed by atoms with E-state index < -0.39 is 33.1 Å². The zero-order valence-electron chi connectivity index (χ0n) is 23.9. The molecular formula is C25H45FN3O4PS2. The highest BCUT2D eigenvalue weighted by Gasteiger charge is 2.49. The first-order valence-electron chi connectivity index (χ1n) is 13.2. The summed E-state index contributed by atoms with van der Waals surface area (Å²) in [6, 6.07) is 0.227. The number of hydrogen-bond acceptors (Lipinski definition) is 8. The molecule has 0 spiro atoms. The second-order valence-electron chi connectivity index (χ2n) is 10.6. The molecule has 6 unspecified atom stereocenters. The van der Waals surface area contributed by atoms with Gasteiger partial charge in [0.05, 0.1) is 12.2 Å². The Balaban J connectivity index is 2.12. The van der Waals surface area contributed by atoms with Crippen LogP contribution in [-0.4, -0.2) is 68.8 Å². The van der Waals surface area contributed by atoms with E-state index in [1.165, 1.54) is 17.2 Å². The Morgan fingerprint density at radius 2 is 2.00 bits per heavy atom. The van der Waals surface area contributed by atoms with Crippen LogP contribution in [0, 0.1) is 0 Å². The van der Waals surface area contributed by atoms with Crippen LogP contribution < -0.4 is 5.32 Å². The number of halogens is 1. The van der Waals surface area contributed by atoms with Crippen LogP contribution in [0.1, 0.15) is 76.5 Å². The van der Waals surface area contributed by atoms with Crippen molar-refractivity contribution in [3.05, 3.63) is 24.7 Å². The lowest BCUT2D eigenvalue weighted by Gasteiger charge is -2.38. The van der Waals surface area contributed by atoms with Crippen molar-refractivity contribution >= 4 is 36.0 Å². The van der Waals surface area contributed by atoms with Crippen molar-refractivity contribution in [1.82, 2.24) is 14.9 Å². The molecule has 1 fully saturated rings. The molecule has 1 amide bonds. The Labute approximate surface area is 228 Å². The number of ether oxygens (including phenoxy) is 1. The number of nitrogens with one attached hydrogen (secondary N) is 1. The molecule has 1 N–H and O–H groups in total. The summed E-state index contributed by atoms with van der Waals surface area (Å²) < 4.78 is 45.0.